The number of hydrogen-bond donors (Lipinski definition) is 1. The van der Waals surface area contributed by atoms with E-state index in [0.717, 1.165) is 0 Å². The molecule has 0 amide bonds. The molecule has 90 valence electrons. The highest BCUT2D eigenvalue weighted by molar-refractivity contribution is 6.31. The summed E-state index contributed by atoms with van der Waals surface area (Å²) in [6, 6.07) is 4.33. The quantitative estimate of drug-likeness (QED) is 0.866. The second-order valence-electron chi connectivity index (χ2n) is 3.42. The van der Waals surface area contributed by atoms with Gasteiger partial charge in [-0.15, -0.1) is 0 Å². The van der Waals surface area contributed by atoms with Crippen LogP contribution in [0.4, 0.5) is 8.78 Å². The van der Waals surface area contributed by atoms with Crippen molar-refractivity contribution in [3.63, 3.8) is 0 Å². The number of halogens is 3. The van der Waals surface area contributed by atoms with Crippen LogP contribution in [0.2, 0.25) is 5.02 Å². The summed E-state index contributed by atoms with van der Waals surface area (Å²) in [7, 11) is 1.52. The summed E-state index contributed by atoms with van der Waals surface area (Å²) in [5.74, 6) is 0.599. The normalized spacial score (nSPS) is 12.9. The minimum Gasteiger partial charge on any atom is -0.496 e. The second kappa shape index (κ2) is 6.01. The summed E-state index contributed by atoms with van der Waals surface area (Å²) in [5.41, 5.74) is 0.694. The number of hydrogen-bond acceptors (Lipinski definition) is 2. The SMILES string of the molecule is COc1cccc(Cl)c1CNC(C)C(F)F. The highest BCUT2D eigenvalue weighted by Crippen LogP contribution is 2.26. The van der Waals surface area contributed by atoms with Gasteiger partial charge < -0.3 is 10.1 Å². The van der Waals surface area contributed by atoms with E-state index < -0.39 is 12.5 Å². The van der Waals surface area contributed by atoms with Crippen LogP contribution < -0.4 is 10.1 Å². The largest absolute Gasteiger partial charge is 0.496 e. The molecule has 0 bridgehead atoms. The lowest BCUT2D eigenvalue weighted by atomic mass is 10.2. The van der Waals surface area contributed by atoms with Gasteiger partial charge >= 0.3 is 0 Å². The lowest BCUT2D eigenvalue weighted by molar-refractivity contribution is 0.105. The monoisotopic (exact) mass is 249 g/mol. The highest BCUT2D eigenvalue weighted by atomic mass is 35.5. The molecule has 1 atom stereocenters. The predicted octanol–water partition coefficient (Wildman–Crippen LogP) is 3.09. The Morgan fingerprint density at radius 2 is 2.12 bits per heavy atom. The van der Waals surface area contributed by atoms with Crippen molar-refractivity contribution in [2.45, 2.75) is 25.9 Å². The van der Waals surface area contributed by atoms with Gasteiger partial charge in [-0.25, -0.2) is 8.78 Å². The van der Waals surface area contributed by atoms with E-state index in [0.29, 0.717) is 16.3 Å². The fraction of sp³-hybridized carbons (Fsp3) is 0.455. The van der Waals surface area contributed by atoms with Crippen LogP contribution in [0.25, 0.3) is 0 Å². The molecule has 2 nitrogen and oxygen atoms in total. The van der Waals surface area contributed by atoms with E-state index in [2.05, 4.69) is 5.32 Å². The number of rotatable bonds is 5. The van der Waals surface area contributed by atoms with Gasteiger partial charge in [0, 0.05) is 17.1 Å². The van der Waals surface area contributed by atoms with Gasteiger partial charge in [-0.05, 0) is 19.1 Å². The molecule has 0 aliphatic carbocycles. The molecule has 0 radical (unpaired) electrons. The number of alkyl halides is 2. The summed E-state index contributed by atoms with van der Waals surface area (Å²) < 4.78 is 29.7. The third kappa shape index (κ3) is 3.32. The summed E-state index contributed by atoms with van der Waals surface area (Å²) in [6.07, 6.45) is -2.39. The van der Waals surface area contributed by atoms with Gasteiger partial charge in [0.25, 0.3) is 6.43 Å². The van der Waals surface area contributed by atoms with Crippen molar-refractivity contribution in [2.75, 3.05) is 7.11 Å². The molecular formula is C11H14ClF2NO. The fourth-order valence-electron chi connectivity index (χ4n) is 1.25. The average molecular weight is 250 g/mol. The molecule has 0 saturated carbocycles. The smallest absolute Gasteiger partial charge is 0.253 e. The molecule has 0 saturated heterocycles. The molecule has 0 fully saturated rings. The van der Waals surface area contributed by atoms with E-state index in [9.17, 15) is 8.78 Å². The maximum Gasteiger partial charge on any atom is 0.253 e. The van der Waals surface area contributed by atoms with E-state index in [-0.39, 0.29) is 6.54 Å². The lowest BCUT2D eigenvalue weighted by Crippen LogP contribution is -2.32. The van der Waals surface area contributed by atoms with Crippen molar-refractivity contribution in [1.82, 2.24) is 5.32 Å². The van der Waals surface area contributed by atoms with Gasteiger partial charge in [0.1, 0.15) is 5.75 Å². The fourth-order valence-corrected chi connectivity index (χ4v) is 1.49. The van der Waals surface area contributed by atoms with Crippen molar-refractivity contribution >= 4 is 11.6 Å². The second-order valence-corrected chi connectivity index (χ2v) is 3.83. The van der Waals surface area contributed by atoms with Gasteiger partial charge in [-0.3, -0.25) is 0 Å². The first-order chi connectivity index (χ1) is 7.56. The lowest BCUT2D eigenvalue weighted by Gasteiger charge is -2.15. The van der Waals surface area contributed by atoms with Crippen molar-refractivity contribution in [3.8, 4) is 5.75 Å². The van der Waals surface area contributed by atoms with Crippen LogP contribution >= 0.6 is 11.6 Å². The minimum atomic E-state index is -2.39. The van der Waals surface area contributed by atoms with E-state index in [1.165, 1.54) is 14.0 Å². The molecule has 1 aromatic rings. The van der Waals surface area contributed by atoms with Gasteiger partial charge in [0.2, 0.25) is 0 Å². The molecule has 5 heteroatoms. The van der Waals surface area contributed by atoms with Gasteiger partial charge in [-0.2, -0.15) is 0 Å². The molecule has 1 unspecified atom stereocenters. The van der Waals surface area contributed by atoms with Crippen molar-refractivity contribution in [1.29, 1.82) is 0 Å². The van der Waals surface area contributed by atoms with Crippen molar-refractivity contribution in [2.24, 2.45) is 0 Å². The van der Waals surface area contributed by atoms with Crippen LogP contribution in [0.3, 0.4) is 0 Å². The minimum absolute atomic E-state index is 0.258. The van der Waals surface area contributed by atoms with E-state index in [4.69, 9.17) is 16.3 Å². The highest BCUT2D eigenvalue weighted by Gasteiger charge is 2.15. The Bertz CT molecular complexity index is 347. The summed E-state index contributed by atoms with van der Waals surface area (Å²) in [6.45, 7) is 1.68. The Morgan fingerprint density at radius 3 is 2.69 bits per heavy atom. The zero-order valence-electron chi connectivity index (χ0n) is 9.14. The molecule has 0 spiro atoms. The molecule has 1 aromatic carbocycles. The molecule has 16 heavy (non-hydrogen) atoms. The maximum atomic E-state index is 12.3. The van der Waals surface area contributed by atoms with E-state index in [1.807, 2.05) is 0 Å². The third-order valence-electron chi connectivity index (χ3n) is 2.27. The summed E-state index contributed by atoms with van der Waals surface area (Å²) in [5, 5.41) is 3.21. The molecule has 0 aliphatic rings. The topological polar surface area (TPSA) is 21.3 Å². The number of benzene rings is 1. The summed E-state index contributed by atoms with van der Waals surface area (Å²) >= 11 is 5.96. The molecule has 1 N–H and O–H groups in total. The number of ether oxygens (including phenoxy) is 1. The zero-order chi connectivity index (χ0) is 12.1. The molecule has 0 aliphatic heterocycles. The molecule has 0 heterocycles. The Kier molecular flexibility index (Phi) is 4.96. The number of nitrogens with one attached hydrogen (secondary N) is 1. The van der Waals surface area contributed by atoms with Crippen LogP contribution in [-0.2, 0) is 6.54 Å². The van der Waals surface area contributed by atoms with Crippen LogP contribution in [0.15, 0.2) is 18.2 Å². The van der Waals surface area contributed by atoms with Gasteiger partial charge in [0.05, 0.1) is 13.2 Å². The van der Waals surface area contributed by atoms with Crippen molar-refractivity contribution in [3.05, 3.63) is 28.8 Å². The van der Waals surface area contributed by atoms with Gasteiger partial charge in [0.15, 0.2) is 0 Å². The first-order valence-corrected chi connectivity index (χ1v) is 5.27. The third-order valence-corrected chi connectivity index (χ3v) is 2.63. The Balaban J connectivity index is 2.73. The first kappa shape index (κ1) is 13.2. The maximum absolute atomic E-state index is 12.3. The molecule has 1 rings (SSSR count). The van der Waals surface area contributed by atoms with Crippen LogP contribution in [0, 0.1) is 0 Å². The first-order valence-electron chi connectivity index (χ1n) is 4.89. The van der Waals surface area contributed by atoms with Crippen LogP contribution in [0.1, 0.15) is 12.5 Å². The number of methoxy groups -OCH3 is 1. The van der Waals surface area contributed by atoms with E-state index >= 15 is 0 Å². The summed E-state index contributed by atoms with van der Waals surface area (Å²) in [4.78, 5) is 0. The van der Waals surface area contributed by atoms with E-state index in [1.54, 1.807) is 18.2 Å². The molecule has 0 aromatic heterocycles. The van der Waals surface area contributed by atoms with Crippen molar-refractivity contribution < 1.29 is 13.5 Å². The Morgan fingerprint density at radius 1 is 1.44 bits per heavy atom. The molecular weight excluding hydrogens is 236 g/mol. The zero-order valence-corrected chi connectivity index (χ0v) is 9.89. The van der Waals surface area contributed by atoms with Crippen LogP contribution in [-0.4, -0.2) is 19.6 Å². The average Bonchev–Trinajstić information content (AvgIpc) is 2.26. The standard InChI is InChI=1S/C11H14ClF2NO/c1-7(11(13)14)15-6-8-9(12)4-3-5-10(8)16-2/h3-5,7,11,15H,6H2,1-2H3. The predicted molar refractivity (Wildman–Crippen MR) is 60.3 cm³/mol. The van der Waals surface area contributed by atoms with Gasteiger partial charge in [-0.1, -0.05) is 17.7 Å². The Hall–Kier alpha value is -0.870. The Labute approximate surface area is 98.6 Å². The van der Waals surface area contributed by atoms with Crippen LogP contribution in [0.5, 0.6) is 5.75 Å².